The molecule has 96 valence electrons. The van der Waals surface area contributed by atoms with Gasteiger partial charge in [0.1, 0.15) is 0 Å². The Balaban J connectivity index is 3.91. The molecule has 0 bridgehead atoms. The van der Waals surface area contributed by atoms with Crippen LogP contribution in [-0.2, 0) is 4.79 Å². The zero-order valence-corrected chi connectivity index (χ0v) is 11.3. The van der Waals surface area contributed by atoms with Crippen LogP contribution in [0.1, 0.15) is 46.5 Å². The summed E-state index contributed by atoms with van der Waals surface area (Å²) in [5.41, 5.74) is 3.09. The van der Waals surface area contributed by atoms with Gasteiger partial charge in [-0.05, 0) is 45.6 Å². The summed E-state index contributed by atoms with van der Waals surface area (Å²) in [5, 5.41) is 8.70. The lowest BCUT2D eigenvalue weighted by molar-refractivity contribution is -0.115. The van der Waals surface area contributed by atoms with E-state index in [4.69, 9.17) is 5.11 Å². The van der Waals surface area contributed by atoms with Gasteiger partial charge in [-0.1, -0.05) is 29.9 Å². The molecule has 2 nitrogen and oxygen atoms in total. The number of Topliss-reactive ketones (excluding diaryl/α,β-unsaturated/α-hetero) is 1. The minimum atomic E-state index is 0.113. The van der Waals surface area contributed by atoms with Crippen molar-refractivity contribution in [3.63, 3.8) is 0 Å². The third-order valence-corrected chi connectivity index (χ3v) is 2.69. The number of rotatable bonds is 8. The second-order valence-corrected chi connectivity index (χ2v) is 4.53. The fourth-order valence-electron chi connectivity index (χ4n) is 1.43. The Kier molecular flexibility index (Phi) is 8.34. The highest BCUT2D eigenvalue weighted by molar-refractivity contribution is 5.94. The number of allylic oxidation sites excluding steroid dienone is 4. The van der Waals surface area contributed by atoms with E-state index < -0.39 is 0 Å². The molecule has 0 radical (unpaired) electrons. The van der Waals surface area contributed by atoms with E-state index in [9.17, 15) is 4.79 Å². The Bertz CT molecular complexity index is 322. The second-order valence-electron chi connectivity index (χ2n) is 4.53. The summed E-state index contributed by atoms with van der Waals surface area (Å²) in [6.45, 7) is 9.58. The van der Waals surface area contributed by atoms with Gasteiger partial charge in [0.15, 0.2) is 5.78 Å². The van der Waals surface area contributed by atoms with Gasteiger partial charge in [-0.25, -0.2) is 0 Å². The van der Waals surface area contributed by atoms with Crippen molar-refractivity contribution in [2.24, 2.45) is 0 Å². The number of ketones is 1. The first-order valence-corrected chi connectivity index (χ1v) is 6.08. The minimum absolute atomic E-state index is 0.113. The van der Waals surface area contributed by atoms with Gasteiger partial charge in [0, 0.05) is 6.42 Å². The zero-order valence-electron chi connectivity index (χ0n) is 11.3. The van der Waals surface area contributed by atoms with Crippen LogP contribution >= 0.6 is 0 Å². The third-order valence-electron chi connectivity index (χ3n) is 2.69. The summed E-state index contributed by atoms with van der Waals surface area (Å²) in [7, 11) is 0. The van der Waals surface area contributed by atoms with Crippen LogP contribution in [0.3, 0.4) is 0 Å². The molecule has 0 unspecified atom stereocenters. The first-order valence-electron chi connectivity index (χ1n) is 6.08. The number of carbonyl (C=O) groups excluding carboxylic acids is 1. The maximum atomic E-state index is 11.4. The average Bonchev–Trinajstić information content (AvgIpc) is 2.26. The fourth-order valence-corrected chi connectivity index (χ4v) is 1.43. The molecule has 1 N–H and O–H groups in total. The van der Waals surface area contributed by atoms with Crippen LogP contribution in [0.2, 0.25) is 0 Å². The first kappa shape index (κ1) is 15.9. The van der Waals surface area contributed by atoms with Crippen molar-refractivity contribution in [3.8, 4) is 0 Å². The van der Waals surface area contributed by atoms with Gasteiger partial charge in [0.25, 0.3) is 0 Å². The van der Waals surface area contributed by atoms with E-state index >= 15 is 0 Å². The van der Waals surface area contributed by atoms with Crippen LogP contribution in [0.15, 0.2) is 35.5 Å². The van der Waals surface area contributed by atoms with Crippen molar-refractivity contribution in [2.75, 3.05) is 6.61 Å². The summed E-state index contributed by atoms with van der Waals surface area (Å²) in [4.78, 5) is 11.4. The van der Waals surface area contributed by atoms with Crippen molar-refractivity contribution in [1.82, 2.24) is 0 Å². The van der Waals surface area contributed by atoms with Crippen LogP contribution in [0, 0.1) is 0 Å². The van der Waals surface area contributed by atoms with Crippen molar-refractivity contribution in [2.45, 2.75) is 46.5 Å². The molecule has 0 saturated heterocycles. The minimum Gasteiger partial charge on any atom is -0.392 e. The lowest BCUT2D eigenvalue weighted by Crippen LogP contribution is -1.98. The van der Waals surface area contributed by atoms with E-state index in [2.05, 4.69) is 19.6 Å². The van der Waals surface area contributed by atoms with Crippen LogP contribution in [0.25, 0.3) is 0 Å². The molecular formula is C15H24O2. The Labute approximate surface area is 105 Å². The lowest BCUT2D eigenvalue weighted by atomic mass is 10.0. The van der Waals surface area contributed by atoms with Gasteiger partial charge < -0.3 is 5.11 Å². The molecule has 0 atom stereocenters. The molecule has 0 aliphatic carbocycles. The smallest absolute Gasteiger partial charge is 0.158 e. The predicted molar refractivity (Wildman–Crippen MR) is 72.9 cm³/mol. The van der Waals surface area contributed by atoms with Crippen molar-refractivity contribution >= 4 is 5.78 Å². The van der Waals surface area contributed by atoms with Crippen LogP contribution < -0.4 is 0 Å². The summed E-state index contributed by atoms with van der Waals surface area (Å²) >= 11 is 0. The van der Waals surface area contributed by atoms with E-state index in [1.165, 1.54) is 11.1 Å². The van der Waals surface area contributed by atoms with Gasteiger partial charge in [-0.15, -0.1) is 0 Å². The van der Waals surface area contributed by atoms with E-state index in [-0.39, 0.29) is 12.4 Å². The highest BCUT2D eigenvalue weighted by Gasteiger charge is 2.02. The maximum Gasteiger partial charge on any atom is 0.158 e. The fraction of sp³-hybridized carbons (Fsp3) is 0.533. The number of carbonyl (C=O) groups is 1. The Morgan fingerprint density at radius 3 is 2.18 bits per heavy atom. The number of aliphatic hydroxyl groups excluding tert-OH is 1. The predicted octanol–water partition coefficient (Wildman–Crippen LogP) is 3.58. The van der Waals surface area contributed by atoms with Gasteiger partial charge in [0.2, 0.25) is 0 Å². The third kappa shape index (κ3) is 8.64. The van der Waals surface area contributed by atoms with Crippen molar-refractivity contribution < 1.29 is 9.90 Å². The molecule has 0 aliphatic heterocycles. The Morgan fingerprint density at radius 1 is 1.06 bits per heavy atom. The molecule has 0 heterocycles. The topological polar surface area (TPSA) is 37.3 Å². The van der Waals surface area contributed by atoms with Gasteiger partial charge in [0.05, 0.1) is 6.61 Å². The molecule has 0 aromatic carbocycles. The van der Waals surface area contributed by atoms with Gasteiger partial charge >= 0.3 is 0 Å². The first-order chi connectivity index (χ1) is 7.97. The van der Waals surface area contributed by atoms with E-state index in [0.717, 1.165) is 19.3 Å². The van der Waals surface area contributed by atoms with E-state index in [1.54, 1.807) is 6.92 Å². The summed E-state index contributed by atoms with van der Waals surface area (Å²) < 4.78 is 0. The molecule has 0 rings (SSSR count). The largest absolute Gasteiger partial charge is 0.392 e. The quantitative estimate of drug-likeness (QED) is 0.516. The van der Waals surface area contributed by atoms with Crippen molar-refractivity contribution in [3.05, 3.63) is 35.5 Å². The number of aliphatic hydroxyl groups is 1. The van der Waals surface area contributed by atoms with Gasteiger partial charge in [-0.2, -0.15) is 0 Å². The van der Waals surface area contributed by atoms with Crippen molar-refractivity contribution in [1.29, 1.82) is 0 Å². The highest BCUT2D eigenvalue weighted by Crippen LogP contribution is 2.11. The molecule has 0 aromatic heterocycles. The average molecular weight is 236 g/mol. The summed E-state index contributed by atoms with van der Waals surface area (Å²) in [6.07, 6.45) is 7.30. The maximum absolute atomic E-state index is 11.4. The molecule has 0 aliphatic rings. The normalized spacial score (nSPS) is 12.7. The van der Waals surface area contributed by atoms with Crippen LogP contribution in [0.5, 0.6) is 0 Å². The van der Waals surface area contributed by atoms with E-state index in [0.29, 0.717) is 12.0 Å². The molecule has 2 heteroatoms. The zero-order chi connectivity index (χ0) is 13.3. The van der Waals surface area contributed by atoms with Crippen LogP contribution in [-0.4, -0.2) is 17.5 Å². The monoisotopic (exact) mass is 236 g/mol. The highest BCUT2D eigenvalue weighted by atomic mass is 16.2. The SMILES string of the molecule is C=C(C)C(=O)CCC(C)=CCCC(C)=CCO. The summed E-state index contributed by atoms with van der Waals surface area (Å²) in [5.74, 6) is 0.147. The van der Waals surface area contributed by atoms with Gasteiger partial charge in [-0.3, -0.25) is 4.79 Å². The van der Waals surface area contributed by atoms with E-state index in [1.807, 2.05) is 13.0 Å². The Hall–Kier alpha value is -1.15. The molecule has 0 saturated carbocycles. The number of hydrogen-bond acceptors (Lipinski definition) is 2. The lowest BCUT2D eigenvalue weighted by Gasteiger charge is -2.02. The summed E-state index contributed by atoms with van der Waals surface area (Å²) in [6, 6.07) is 0. The second kappa shape index (κ2) is 8.94. The molecule has 17 heavy (non-hydrogen) atoms. The molecule has 0 amide bonds. The standard InChI is InChI=1S/C15H24O2/c1-12(2)15(17)9-8-13(3)6-5-7-14(4)10-11-16/h6,10,16H,1,5,7-9,11H2,2-4H3. The molecule has 0 spiro atoms. The Morgan fingerprint density at radius 2 is 1.65 bits per heavy atom. The molecule has 0 aromatic rings. The molecular weight excluding hydrogens is 212 g/mol. The number of hydrogen-bond donors (Lipinski definition) is 1. The van der Waals surface area contributed by atoms with Crippen LogP contribution in [0.4, 0.5) is 0 Å². The molecule has 0 fully saturated rings.